The van der Waals surface area contributed by atoms with Crippen LogP contribution in [0.3, 0.4) is 0 Å². The molecule has 1 aromatic heterocycles. The number of ether oxygens (including phenoxy) is 1. The smallest absolute Gasteiger partial charge is 0.240 e. The minimum Gasteiger partial charge on any atom is -0.380 e. The lowest BCUT2D eigenvalue weighted by Gasteiger charge is -2.12. The lowest BCUT2D eigenvalue weighted by atomic mass is 10.2. The van der Waals surface area contributed by atoms with Gasteiger partial charge in [0.2, 0.25) is 16.0 Å². The van der Waals surface area contributed by atoms with Gasteiger partial charge in [-0.15, -0.1) is 0 Å². The lowest BCUT2D eigenvalue weighted by Crippen LogP contribution is -2.25. The van der Waals surface area contributed by atoms with Crippen molar-refractivity contribution in [1.82, 2.24) is 14.7 Å². The summed E-state index contributed by atoms with van der Waals surface area (Å²) in [7, 11) is -3.65. The Kier molecular flexibility index (Phi) is 7.69. The molecule has 3 aromatic rings. The van der Waals surface area contributed by atoms with Crippen LogP contribution < -0.4 is 15.4 Å². The van der Waals surface area contributed by atoms with E-state index in [9.17, 15) is 12.8 Å². The number of fused-ring (bicyclic) bond motifs is 1. The molecule has 0 spiro atoms. The van der Waals surface area contributed by atoms with E-state index in [1.54, 1.807) is 0 Å². The highest BCUT2D eigenvalue weighted by molar-refractivity contribution is 7.89. The van der Waals surface area contributed by atoms with Crippen molar-refractivity contribution >= 4 is 32.7 Å². The zero-order chi connectivity index (χ0) is 23.1. The molecule has 0 aliphatic heterocycles. The fraction of sp³-hybridized carbons (Fsp3) is 0.391. The van der Waals surface area contributed by atoms with Gasteiger partial charge < -0.3 is 15.4 Å². The second kappa shape index (κ2) is 10.9. The highest BCUT2D eigenvalue weighted by atomic mass is 32.2. The van der Waals surface area contributed by atoms with E-state index in [1.165, 1.54) is 25.0 Å². The molecule has 8 nitrogen and oxygen atoms in total. The molecule has 1 saturated carbocycles. The molecule has 0 unspecified atom stereocenters. The Morgan fingerprint density at radius 3 is 2.55 bits per heavy atom. The largest absolute Gasteiger partial charge is 0.380 e. The average molecular weight is 474 g/mol. The van der Waals surface area contributed by atoms with Crippen molar-refractivity contribution in [3.05, 3.63) is 54.3 Å². The first-order valence-electron chi connectivity index (χ1n) is 11.1. The van der Waals surface area contributed by atoms with E-state index < -0.39 is 15.8 Å². The molecule has 33 heavy (non-hydrogen) atoms. The maximum absolute atomic E-state index is 12.9. The van der Waals surface area contributed by atoms with Crippen molar-refractivity contribution in [3.63, 3.8) is 0 Å². The summed E-state index contributed by atoms with van der Waals surface area (Å²) < 4.78 is 45.3. The van der Waals surface area contributed by atoms with Crippen molar-refractivity contribution < 1.29 is 17.5 Å². The molecule has 3 N–H and O–H groups in total. The minimum absolute atomic E-state index is 0.0374. The summed E-state index contributed by atoms with van der Waals surface area (Å²) in [5, 5.41) is 7.64. The number of aromatic nitrogens is 2. The number of nitrogens with one attached hydrogen (secondary N) is 3. The summed E-state index contributed by atoms with van der Waals surface area (Å²) in [5.41, 5.74) is 0.877. The molecular formula is C23H28FN5O3S. The molecule has 4 rings (SSSR count). The highest BCUT2D eigenvalue weighted by Gasteiger charge is 2.21. The van der Waals surface area contributed by atoms with Gasteiger partial charge in [0.15, 0.2) is 0 Å². The van der Waals surface area contributed by atoms with Crippen LogP contribution in [-0.2, 0) is 14.8 Å². The van der Waals surface area contributed by atoms with E-state index in [-0.39, 0.29) is 11.4 Å². The van der Waals surface area contributed by atoms with Gasteiger partial charge in [-0.05, 0) is 61.6 Å². The van der Waals surface area contributed by atoms with Crippen LogP contribution in [0.15, 0.2) is 53.4 Å². The van der Waals surface area contributed by atoms with E-state index in [1.807, 2.05) is 24.3 Å². The third-order valence-electron chi connectivity index (χ3n) is 5.27. The Morgan fingerprint density at radius 2 is 1.76 bits per heavy atom. The van der Waals surface area contributed by atoms with Crippen LogP contribution in [0.25, 0.3) is 10.9 Å². The molecule has 2 aromatic carbocycles. The Balaban J connectivity index is 1.17. The Hall–Kier alpha value is -2.82. The summed E-state index contributed by atoms with van der Waals surface area (Å²) in [6.45, 7) is 2.53. The summed E-state index contributed by atoms with van der Waals surface area (Å²) >= 11 is 0. The second-order valence-corrected chi connectivity index (χ2v) is 9.75. The maximum Gasteiger partial charge on any atom is 0.240 e. The van der Waals surface area contributed by atoms with Crippen LogP contribution in [-0.4, -0.2) is 51.2 Å². The van der Waals surface area contributed by atoms with Crippen LogP contribution in [0.4, 0.5) is 16.2 Å². The number of nitrogens with zero attached hydrogens (tertiary/aromatic N) is 2. The van der Waals surface area contributed by atoms with Crippen molar-refractivity contribution in [3.8, 4) is 0 Å². The van der Waals surface area contributed by atoms with E-state index >= 15 is 0 Å². The number of hydrogen-bond donors (Lipinski definition) is 3. The van der Waals surface area contributed by atoms with Gasteiger partial charge in [0.05, 0.1) is 17.0 Å². The number of halogens is 1. The van der Waals surface area contributed by atoms with Gasteiger partial charge in [-0.1, -0.05) is 12.1 Å². The van der Waals surface area contributed by atoms with Gasteiger partial charge >= 0.3 is 0 Å². The maximum atomic E-state index is 12.9. The first-order chi connectivity index (χ1) is 16.0. The van der Waals surface area contributed by atoms with Crippen molar-refractivity contribution in [2.45, 2.75) is 24.2 Å². The third-order valence-corrected chi connectivity index (χ3v) is 6.75. The predicted molar refractivity (Wildman–Crippen MR) is 126 cm³/mol. The fourth-order valence-corrected chi connectivity index (χ4v) is 4.34. The van der Waals surface area contributed by atoms with Crippen LogP contribution in [0, 0.1) is 11.7 Å². The molecule has 0 bridgehead atoms. The van der Waals surface area contributed by atoms with Crippen LogP contribution in [0.1, 0.15) is 19.3 Å². The molecule has 1 aliphatic rings. The molecule has 1 aliphatic carbocycles. The standard InChI is InChI=1S/C23H28FN5O3S/c24-18-8-10-19(11-9-18)33(30,31)27-12-3-14-32-15-13-25-23-28-21-5-2-1-4-20(21)22(29-23)26-16-17-6-7-17/h1-2,4-5,8-11,17,27H,3,6-7,12-16H2,(H2,25,26,28,29). The van der Waals surface area contributed by atoms with Crippen LogP contribution in [0.5, 0.6) is 0 Å². The third kappa shape index (κ3) is 6.83. The normalized spacial score (nSPS) is 13.8. The predicted octanol–water partition coefficient (Wildman–Crippen LogP) is 3.39. The number of benzene rings is 2. The van der Waals surface area contributed by atoms with E-state index in [2.05, 4.69) is 25.3 Å². The fourth-order valence-electron chi connectivity index (χ4n) is 3.27. The number of sulfonamides is 1. The van der Waals surface area contributed by atoms with Gasteiger partial charge in [0.1, 0.15) is 11.6 Å². The Morgan fingerprint density at radius 1 is 0.970 bits per heavy atom. The summed E-state index contributed by atoms with van der Waals surface area (Å²) in [5.74, 6) is 1.64. The summed E-state index contributed by atoms with van der Waals surface area (Å²) in [6.07, 6.45) is 3.06. The highest BCUT2D eigenvalue weighted by Crippen LogP contribution is 2.30. The van der Waals surface area contributed by atoms with Crippen molar-refractivity contribution in [2.75, 3.05) is 43.5 Å². The zero-order valence-corrected chi connectivity index (χ0v) is 19.1. The quantitative estimate of drug-likeness (QED) is 0.327. The number of hydrogen-bond acceptors (Lipinski definition) is 7. The van der Waals surface area contributed by atoms with E-state index in [0.29, 0.717) is 32.1 Å². The SMILES string of the molecule is O=S(=O)(NCCCOCCNc1nc(NCC2CC2)c2ccccc2n1)c1ccc(F)cc1. The number of anilines is 2. The molecular weight excluding hydrogens is 445 g/mol. The van der Waals surface area contributed by atoms with Gasteiger partial charge in [0, 0.05) is 31.6 Å². The second-order valence-electron chi connectivity index (χ2n) is 7.98. The number of rotatable bonds is 13. The van der Waals surface area contributed by atoms with Gasteiger partial charge in [-0.2, -0.15) is 4.98 Å². The molecule has 0 saturated heterocycles. The lowest BCUT2D eigenvalue weighted by molar-refractivity contribution is 0.142. The molecule has 0 amide bonds. The molecule has 0 radical (unpaired) electrons. The zero-order valence-electron chi connectivity index (χ0n) is 18.3. The van der Waals surface area contributed by atoms with Gasteiger partial charge in [-0.3, -0.25) is 0 Å². The van der Waals surface area contributed by atoms with Gasteiger partial charge in [0.25, 0.3) is 0 Å². The van der Waals surface area contributed by atoms with Crippen molar-refractivity contribution in [2.24, 2.45) is 5.92 Å². The van der Waals surface area contributed by atoms with E-state index in [4.69, 9.17) is 4.74 Å². The average Bonchev–Trinajstić information content (AvgIpc) is 3.64. The van der Waals surface area contributed by atoms with Gasteiger partial charge in [-0.25, -0.2) is 22.5 Å². The molecule has 10 heteroatoms. The molecule has 0 atom stereocenters. The molecule has 176 valence electrons. The summed E-state index contributed by atoms with van der Waals surface area (Å²) in [6, 6.07) is 12.6. The van der Waals surface area contributed by atoms with E-state index in [0.717, 1.165) is 41.3 Å². The molecule has 1 heterocycles. The topological polar surface area (TPSA) is 105 Å². The van der Waals surface area contributed by atoms with Crippen molar-refractivity contribution in [1.29, 1.82) is 0 Å². The minimum atomic E-state index is -3.65. The van der Waals surface area contributed by atoms with Crippen LogP contribution in [0.2, 0.25) is 0 Å². The summed E-state index contributed by atoms with van der Waals surface area (Å²) in [4.78, 5) is 9.23. The Bertz CT molecular complexity index is 1170. The van der Waals surface area contributed by atoms with Crippen LogP contribution >= 0.6 is 0 Å². The number of para-hydroxylation sites is 1. The first-order valence-corrected chi connectivity index (χ1v) is 12.6. The Labute approximate surface area is 193 Å². The molecule has 1 fully saturated rings. The first kappa shape index (κ1) is 23.3. The monoisotopic (exact) mass is 473 g/mol.